The van der Waals surface area contributed by atoms with Crippen LogP contribution in [0, 0.1) is 5.92 Å². The van der Waals surface area contributed by atoms with Crippen molar-refractivity contribution >= 4 is 39.8 Å². The molecule has 1 aromatic carbocycles. The van der Waals surface area contributed by atoms with Crippen LogP contribution < -0.4 is 5.32 Å². The molecular weight excluding hydrogens is 441 g/mol. The maximum absolute atomic E-state index is 12.2. The zero-order chi connectivity index (χ0) is 16.7. The quantitative estimate of drug-likeness (QED) is 0.391. The average molecular weight is 467 g/mol. The lowest BCUT2D eigenvalue weighted by molar-refractivity contribution is 0.181. The Labute approximate surface area is 161 Å². The van der Waals surface area contributed by atoms with Crippen LogP contribution in [0.4, 0.5) is 0 Å². The van der Waals surface area contributed by atoms with Gasteiger partial charge in [-0.25, -0.2) is 8.42 Å². The van der Waals surface area contributed by atoms with E-state index in [1.807, 2.05) is 11.9 Å². The molecule has 1 aromatic rings. The molecule has 8 heteroatoms. The summed E-state index contributed by atoms with van der Waals surface area (Å²) in [5.41, 5.74) is 0. The van der Waals surface area contributed by atoms with Crippen molar-refractivity contribution in [1.82, 2.24) is 10.2 Å². The minimum absolute atomic E-state index is 0. The number of sulfone groups is 1. The molecule has 136 valence electrons. The van der Waals surface area contributed by atoms with Gasteiger partial charge in [-0.2, -0.15) is 0 Å². The van der Waals surface area contributed by atoms with E-state index >= 15 is 0 Å². The largest absolute Gasteiger partial charge is 0.381 e. The second-order valence-corrected chi connectivity index (χ2v) is 7.83. The Morgan fingerprint density at radius 1 is 1.38 bits per heavy atom. The van der Waals surface area contributed by atoms with E-state index in [9.17, 15) is 8.42 Å². The lowest BCUT2D eigenvalue weighted by Crippen LogP contribution is -2.43. The van der Waals surface area contributed by atoms with Crippen LogP contribution in [0.3, 0.4) is 0 Å². The van der Waals surface area contributed by atoms with Gasteiger partial charge in [0.25, 0.3) is 0 Å². The van der Waals surface area contributed by atoms with Gasteiger partial charge in [0, 0.05) is 39.7 Å². The number of rotatable bonds is 6. The Kier molecular flexibility index (Phi) is 8.99. The summed E-state index contributed by atoms with van der Waals surface area (Å²) < 4.78 is 29.9. The first kappa shape index (κ1) is 21.2. The zero-order valence-corrected chi connectivity index (χ0v) is 17.3. The molecule has 0 bridgehead atoms. The van der Waals surface area contributed by atoms with Crippen LogP contribution in [0.25, 0.3) is 0 Å². The van der Waals surface area contributed by atoms with Crippen LogP contribution in [-0.4, -0.2) is 65.4 Å². The molecule has 1 unspecified atom stereocenters. The van der Waals surface area contributed by atoms with Gasteiger partial charge < -0.3 is 15.0 Å². The van der Waals surface area contributed by atoms with Gasteiger partial charge in [0.1, 0.15) is 0 Å². The van der Waals surface area contributed by atoms with Crippen LogP contribution in [0.15, 0.2) is 40.2 Å². The predicted octanol–water partition coefficient (Wildman–Crippen LogP) is 1.62. The number of hydrogen-bond acceptors (Lipinski definition) is 4. The average Bonchev–Trinajstić information content (AvgIpc) is 3.05. The number of ether oxygens (including phenoxy) is 1. The molecule has 1 saturated heterocycles. The third kappa shape index (κ3) is 6.21. The molecule has 2 rings (SSSR count). The first-order chi connectivity index (χ1) is 11.0. The van der Waals surface area contributed by atoms with Crippen molar-refractivity contribution in [3.05, 3.63) is 30.3 Å². The number of aliphatic imine (C=N–C) groups is 1. The summed E-state index contributed by atoms with van der Waals surface area (Å²) in [4.78, 5) is 6.60. The Hall–Kier alpha value is -0.870. The zero-order valence-electron chi connectivity index (χ0n) is 14.1. The molecule has 1 fully saturated rings. The molecule has 1 atom stereocenters. The summed E-state index contributed by atoms with van der Waals surface area (Å²) in [5, 5.41) is 3.12. The van der Waals surface area contributed by atoms with Crippen molar-refractivity contribution in [1.29, 1.82) is 0 Å². The van der Waals surface area contributed by atoms with E-state index < -0.39 is 9.84 Å². The van der Waals surface area contributed by atoms with Crippen molar-refractivity contribution in [2.24, 2.45) is 10.9 Å². The molecule has 0 aliphatic carbocycles. The molecule has 1 aliphatic rings. The summed E-state index contributed by atoms with van der Waals surface area (Å²) in [5.74, 6) is 1.25. The molecule has 0 saturated carbocycles. The van der Waals surface area contributed by atoms with Crippen molar-refractivity contribution in [3.63, 3.8) is 0 Å². The fraction of sp³-hybridized carbons (Fsp3) is 0.562. The SMILES string of the molecule is CN=C(NCCS(=O)(=O)c1ccccc1)N(C)CC1CCOC1.I. The molecule has 0 aromatic heterocycles. The van der Waals surface area contributed by atoms with Crippen molar-refractivity contribution < 1.29 is 13.2 Å². The van der Waals surface area contributed by atoms with Gasteiger partial charge in [-0.3, -0.25) is 4.99 Å². The first-order valence-electron chi connectivity index (χ1n) is 7.80. The molecule has 0 amide bonds. The smallest absolute Gasteiger partial charge is 0.193 e. The Balaban J connectivity index is 0.00000288. The Morgan fingerprint density at radius 2 is 2.08 bits per heavy atom. The molecular formula is C16H26IN3O3S. The monoisotopic (exact) mass is 467 g/mol. The van der Waals surface area contributed by atoms with E-state index in [1.165, 1.54) is 0 Å². The Bertz CT molecular complexity index is 617. The topological polar surface area (TPSA) is 71.0 Å². The summed E-state index contributed by atoms with van der Waals surface area (Å²) in [7, 11) is 0.393. The fourth-order valence-corrected chi connectivity index (χ4v) is 3.81. The normalized spacial score (nSPS) is 18.1. The third-order valence-electron chi connectivity index (χ3n) is 3.89. The van der Waals surface area contributed by atoms with Crippen molar-refractivity contribution in [2.45, 2.75) is 11.3 Å². The summed E-state index contributed by atoms with van der Waals surface area (Å²) in [6, 6.07) is 8.51. The van der Waals surface area contributed by atoms with Crippen molar-refractivity contribution in [2.75, 3.05) is 46.2 Å². The van der Waals surface area contributed by atoms with E-state index in [1.54, 1.807) is 37.4 Å². The van der Waals surface area contributed by atoms with E-state index in [-0.39, 0.29) is 29.7 Å². The van der Waals surface area contributed by atoms with Gasteiger partial charge in [-0.05, 0) is 18.6 Å². The first-order valence-corrected chi connectivity index (χ1v) is 9.45. The fourth-order valence-electron chi connectivity index (χ4n) is 2.63. The summed E-state index contributed by atoms with van der Waals surface area (Å²) >= 11 is 0. The summed E-state index contributed by atoms with van der Waals surface area (Å²) in [6.07, 6.45) is 1.06. The van der Waals surface area contributed by atoms with Crippen molar-refractivity contribution in [3.8, 4) is 0 Å². The van der Waals surface area contributed by atoms with Crippen LogP contribution >= 0.6 is 24.0 Å². The van der Waals surface area contributed by atoms with E-state index in [4.69, 9.17) is 4.74 Å². The molecule has 1 N–H and O–H groups in total. The number of hydrogen-bond donors (Lipinski definition) is 1. The highest BCUT2D eigenvalue weighted by Gasteiger charge is 2.19. The van der Waals surface area contributed by atoms with Gasteiger partial charge in [-0.15, -0.1) is 24.0 Å². The molecule has 1 aliphatic heterocycles. The summed E-state index contributed by atoms with van der Waals surface area (Å²) in [6.45, 7) is 2.78. The highest BCUT2D eigenvalue weighted by Crippen LogP contribution is 2.13. The Morgan fingerprint density at radius 3 is 2.67 bits per heavy atom. The van der Waals surface area contributed by atoms with Gasteiger partial charge in [0.2, 0.25) is 0 Å². The van der Waals surface area contributed by atoms with Crippen LogP contribution in [0.2, 0.25) is 0 Å². The van der Waals surface area contributed by atoms with Gasteiger partial charge >= 0.3 is 0 Å². The third-order valence-corrected chi connectivity index (χ3v) is 5.62. The lowest BCUT2D eigenvalue weighted by atomic mass is 10.1. The van der Waals surface area contributed by atoms with Gasteiger partial charge in [-0.1, -0.05) is 18.2 Å². The highest BCUT2D eigenvalue weighted by atomic mass is 127. The number of nitrogens with one attached hydrogen (secondary N) is 1. The van der Waals surface area contributed by atoms with Crippen LogP contribution in [-0.2, 0) is 14.6 Å². The maximum atomic E-state index is 12.2. The molecule has 1 heterocycles. The van der Waals surface area contributed by atoms with E-state index in [0.717, 1.165) is 26.2 Å². The second-order valence-electron chi connectivity index (χ2n) is 5.72. The maximum Gasteiger partial charge on any atom is 0.193 e. The molecule has 0 spiro atoms. The molecule has 24 heavy (non-hydrogen) atoms. The highest BCUT2D eigenvalue weighted by molar-refractivity contribution is 14.0. The van der Waals surface area contributed by atoms with E-state index in [0.29, 0.717) is 23.3 Å². The minimum atomic E-state index is -3.27. The standard InChI is InChI=1S/C16H25N3O3S.HI/c1-17-16(19(2)12-14-8-10-22-13-14)18-9-11-23(20,21)15-6-4-3-5-7-15;/h3-7,14H,8-13H2,1-2H3,(H,17,18);1H. The number of nitrogens with zero attached hydrogens (tertiary/aromatic N) is 2. The van der Waals surface area contributed by atoms with Gasteiger partial charge in [0.05, 0.1) is 17.3 Å². The minimum Gasteiger partial charge on any atom is -0.381 e. The molecule has 6 nitrogen and oxygen atoms in total. The lowest BCUT2D eigenvalue weighted by Gasteiger charge is -2.24. The van der Waals surface area contributed by atoms with Crippen LogP contribution in [0.1, 0.15) is 6.42 Å². The second kappa shape index (κ2) is 10.2. The number of halogens is 1. The predicted molar refractivity (Wildman–Crippen MR) is 107 cm³/mol. The number of benzene rings is 1. The molecule has 0 radical (unpaired) electrons. The van der Waals surface area contributed by atoms with Gasteiger partial charge in [0.15, 0.2) is 15.8 Å². The van der Waals surface area contributed by atoms with Crippen LogP contribution in [0.5, 0.6) is 0 Å². The number of guanidine groups is 1. The van der Waals surface area contributed by atoms with E-state index in [2.05, 4.69) is 10.3 Å².